The van der Waals surface area contributed by atoms with Crippen molar-refractivity contribution in [2.75, 3.05) is 20.2 Å². The number of aliphatic imine (C=N–C) groups is 1. The molecule has 0 saturated heterocycles. The van der Waals surface area contributed by atoms with Gasteiger partial charge in [-0.3, -0.25) is 4.99 Å². The minimum atomic E-state index is -0.904. The monoisotopic (exact) mass is 297 g/mol. The van der Waals surface area contributed by atoms with Gasteiger partial charge in [-0.25, -0.2) is 8.78 Å². The molecule has 1 fully saturated rings. The summed E-state index contributed by atoms with van der Waals surface area (Å²) in [4.78, 5) is 4.15. The molecule has 1 aliphatic rings. The molecule has 1 aromatic rings. The van der Waals surface area contributed by atoms with Gasteiger partial charge in [0.2, 0.25) is 0 Å². The summed E-state index contributed by atoms with van der Waals surface area (Å²) in [6.45, 7) is 0.877. The molecule has 0 aromatic heterocycles. The Labute approximate surface area is 123 Å². The van der Waals surface area contributed by atoms with Crippen LogP contribution in [0.1, 0.15) is 25.7 Å². The van der Waals surface area contributed by atoms with E-state index in [4.69, 9.17) is 4.74 Å². The van der Waals surface area contributed by atoms with E-state index < -0.39 is 11.6 Å². The molecule has 1 aliphatic carbocycles. The molecule has 0 radical (unpaired) electrons. The first-order chi connectivity index (χ1) is 10.2. The molecule has 0 amide bonds. The number of benzene rings is 1. The van der Waals surface area contributed by atoms with Crippen LogP contribution in [-0.4, -0.2) is 32.2 Å². The lowest BCUT2D eigenvalue weighted by Crippen LogP contribution is -2.43. The summed E-state index contributed by atoms with van der Waals surface area (Å²) < 4.78 is 31.1. The second-order valence-corrected chi connectivity index (χ2v) is 5.05. The maximum Gasteiger partial charge on any atom is 0.191 e. The Morgan fingerprint density at radius 3 is 2.71 bits per heavy atom. The summed E-state index contributed by atoms with van der Waals surface area (Å²) in [5.74, 6) is -0.717. The van der Waals surface area contributed by atoms with Crippen molar-refractivity contribution in [3.05, 3.63) is 29.8 Å². The average molecular weight is 297 g/mol. The first-order valence-electron chi connectivity index (χ1n) is 7.24. The van der Waals surface area contributed by atoms with E-state index in [1.807, 2.05) is 0 Å². The third-order valence-corrected chi connectivity index (χ3v) is 3.47. The topological polar surface area (TPSA) is 45.7 Å². The van der Waals surface area contributed by atoms with Crippen LogP contribution in [0.15, 0.2) is 23.2 Å². The molecule has 1 saturated carbocycles. The minimum Gasteiger partial charge on any atom is -0.492 e. The van der Waals surface area contributed by atoms with Crippen LogP contribution in [-0.2, 0) is 0 Å². The highest BCUT2D eigenvalue weighted by Crippen LogP contribution is 2.17. The van der Waals surface area contributed by atoms with Crippen molar-refractivity contribution in [2.45, 2.75) is 31.7 Å². The van der Waals surface area contributed by atoms with Crippen LogP contribution < -0.4 is 15.4 Å². The number of guanidine groups is 1. The van der Waals surface area contributed by atoms with Crippen LogP contribution in [0.3, 0.4) is 0 Å². The summed E-state index contributed by atoms with van der Waals surface area (Å²) in [7, 11) is 1.72. The predicted molar refractivity (Wildman–Crippen MR) is 78.6 cm³/mol. The van der Waals surface area contributed by atoms with Gasteiger partial charge >= 0.3 is 0 Å². The van der Waals surface area contributed by atoms with E-state index in [1.165, 1.54) is 31.7 Å². The Morgan fingerprint density at radius 2 is 2.05 bits per heavy atom. The Bertz CT molecular complexity index is 488. The van der Waals surface area contributed by atoms with E-state index >= 15 is 0 Å². The van der Waals surface area contributed by atoms with Crippen molar-refractivity contribution in [3.8, 4) is 5.75 Å². The minimum absolute atomic E-state index is 0.314. The second-order valence-electron chi connectivity index (χ2n) is 5.05. The summed E-state index contributed by atoms with van der Waals surface area (Å²) >= 11 is 0. The Balaban J connectivity index is 1.69. The molecule has 0 atom stereocenters. The Hall–Kier alpha value is -1.85. The van der Waals surface area contributed by atoms with E-state index in [1.54, 1.807) is 7.05 Å². The number of hydrogen-bond donors (Lipinski definition) is 2. The highest BCUT2D eigenvalue weighted by atomic mass is 19.2. The van der Waals surface area contributed by atoms with Gasteiger partial charge in [-0.05, 0) is 25.0 Å². The molecule has 0 spiro atoms. The molecule has 0 unspecified atom stereocenters. The standard InChI is InChI=1S/C15H21F2N3O/c1-18-15(20-11-4-2-3-5-11)19-8-9-21-12-6-7-13(16)14(17)10-12/h6-7,10-11H,2-5,8-9H2,1H3,(H2,18,19,20). The van der Waals surface area contributed by atoms with Gasteiger partial charge in [0.1, 0.15) is 12.4 Å². The third kappa shape index (κ3) is 4.88. The van der Waals surface area contributed by atoms with Crippen LogP contribution in [0.2, 0.25) is 0 Å². The van der Waals surface area contributed by atoms with Crippen LogP contribution in [0.25, 0.3) is 0 Å². The highest BCUT2D eigenvalue weighted by molar-refractivity contribution is 5.79. The SMILES string of the molecule is CN=C(NCCOc1ccc(F)c(F)c1)NC1CCCC1. The molecule has 2 rings (SSSR count). The molecule has 116 valence electrons. The number of ether oxygens (including phenoxy) is 1. The molecular formula is C15H21F2N3O. The van der Waals surface area contributed by atoms with Crippen molar-refractivity contribution in [1.82, 2.24) is 10.6 Å². The van der Waals surface area contributed by atoms with Gasteiger partial charge < -0.3 is 15.4 Å². The van der Waals surface area contributed by atoms with E-state index in [0.29, 0.717) is 24.9 Å². The molecule has 2 N–H and O–H groups in total. The zero-order valence-corrected chi connectivity index (χ0v) is 12.2. The largest absolute Gasteiger partial charge is 0.492 e. The lowest BCUT2D eigenvalue weighted by Gasteiger charge is -2.17. The zero-order valence-electron chi connectivity index (χ0n) is 12.2. The maximum absolute atomic E-state index is 13.0. The van der Waals surface area contributed by atoms with Crippen LogP contribution in [0.4, 0.5) is 8.78 Å². The summed E-state index contributed by atoms with van der Waals surface area (Å²) in [5, 5.41) is 6.49. The van der Waals surface area contributed by atoms with Gasteiger partial charge in [-0.2, -0.15) is 0 Å². The van der Waals surface area contributed by atoms with Gasteiger partial charge in [-0.15, -0.1) is 0 Å². The van der Waals surface area contributed by atoms with Crippen LogP contribution in [0.5, 0.6) is 5.75 Å². The van der Waals surface area contributed by atoms with E-state index in [0.717, 1.165) is 18.1 Å². The molecule has 0 aliphatic heterocycles. The van der Waals surface area contributed by atoms with Gasteiger partial charge in [0, 0.05) is 19.2 Å². The molecular weight excluding hydrogens is 276 g/mol. The predicted octanol–water partition coefficient (Wildman–Crippen LogP) is 2.45. The fourth-order valence-electron chi connectivity index (χ4n) is 2.36. The van der Waals surface area contributed by atoms with Gasteiger partial charge in [-0.1, -0.05) is 12.8 Å². The van der Waals surface area contributed by atoms with Crippen LogP contribution in [0, 0.1) is 11.6 Å². The second kappa shape index (κ2) is 7.81. The Kier molecular flexibility index (Phi) is 5.78. The van der Waals surface area contributed by atoms with E-state index in [-0.39, 0.29) is 0 Å². The fraction of sp³-hybridized carbons (Fsp3) is 0.533. The first-order valence-corrected chi connectivity index (χ1v) is 7.24. The molecule has 4 nitrogen and oxygen atoms in total. The van der Waals surface area contributed by atoms with Crippen molar-refractivity contribution in [3.63, 3.8) is 0 Å². The lowest BCUT2D eigenvalue weighted by atomic mass is 10.2. The van der Waals surface area contributed by atoms with Gasteiger partial charge in [0.25, 0.3) is 0 Å². The molecule has 6 heteroatoms. The number of rotatable bonds is 5. The van der Waals surface area contributed by atoms with Gasteiger partial charge in [0.15, 0.2) is 17.6 Å². The van der Waals surface area contributed by atoms with Crippen LogP contribution >= 0.6 is 0 Å². The van der Waals surface area contributed by atoms with Gasteiger partial charge in [0.05, 0.1) is 6.54 Å². The first kappa shape index (κ1) is 15.5. The summed E-state index contributed by atoms with van der Waals surface area (Å²) in [6, 6.07) is 3.99. The normalized spacial score (nSPS) is 16.0. The molecule has 21 heavy (non-hydrogen) atoms. The highest BCUT2D eigenvalue weighted by Gasteiger charge is 2.15. The van der Waals surface area contributed by atoms with E-state index in [2.05, 4.69) is 15.6 Å². The number of halogens is 2. The molecule has 1 aromatic carbocycles. The van der Waals surface area contributed by atoms with E-state index in [9.17, 15) is 8.78 Å². The lowest BCUT2D eigenvalue weighted by molar-refractivity contribution is 0.318. The molecule has 0 heterocycles. The quantitative estimate of drug-likeness (QED) is 0.498. The number of nitrogens with one attached hydrogen (secondary N) is 2. The summed E-state index contributed by atoms with van der Waals surface area (Å²) in [6.07, 6.45) is 4.86. The van der Waals surface area contributed by atoms with Crippen molar-refractivity contribution >= 4 is 5.96 Å². The molecule has 0 bridgehead atoms. The Morgan fingerprint density at radius 1 is 1.29 bits per heavy atom. The summed E-state index contributed by atoms with van der Waals surface area (Å²) in [5.41, 5.74) is 0. The van der Waals surface area contributed by atoms with Crippen molar-refractivity contribution < 1.29 is 13.5 Å². The average Bonchev–Trinajstić information content (AvgIpc) is 2.99. The smallest absolute Gasteiger partial charge is 0.191 e. The number of hydrogen-bond acceptors (Lipinski definition) is 2. The van der Waals surface area contributed by atoms with Crippen molar-refractivity contribution in [2.24, 2.45) is 4.99 Å². The fourth-order valence-corrected chi connectivity index (χ4v) is 2.36. The zero-order chi connectivity index (χ0) is 15.1. The maximum atomic E-state index is 13.0. The number of nitrogens with zero attached hydrogens (tertiary/aromatic N) is 1. The van der Waals surface area contributed by atoms with Crippen molar-refractivity contribution in [1.29, 1.82) is 0 Å². The third-order valence-electron chi connectivity index (χ3n) is 3.47.